The Balaban J connectivity index is 2.31. The molecule has 0 amide bonds. The van der Waals surface area contributed by atoms with Crippen LogP contribution in [-0.4, -0.2) is 12.1 Å². The van der Waals surface area contributed by atoms with E-state index in [0.29, 0.717) is 27.5 Å². The number of pyridine rings is 1. The molecule has 0 aliphatic rings. The van der Waals surface area contributed by atoms with Gasteiger partial charge in [0.25, 0.3) is 0 Å². The molecule has 0 fully saturated rings. The van der Waals surface area contributed by atoms with Crippen LogP contribution in [-0.2, 0) is 0 Å². The van der Waals surface area contributed by atoms with E-state index in [0.717, 1.165) is 0 Å². The number of benzene rings is 1. The highest BCUT2D eigenvalue weighted by atomic mass is 79.9. The van der Waals surface area contributed by atoms with Crippen molar-refractivity contribution in [1.82, 2.24) is 4.98 Å². The molecule has 2 rings (SSSR count). The molecule has 1 aromatic carbocycles. The Morgan fingerprint density at radius 2 is 2.00 bits per heavy atom. The normalized spacial score (nSPS) is 9.61. The minimum Gasteiger partial charge on any atom is -0.497 e. The SMILES string of the molecule is COc1cc(C#N)cc(Oc2cccc(Br)n2)c1. The average molecular weight is 305 g/mol. The molecule has 5 heteroatoms. The minimum atomic E-state index is 0.446. The molecule has 0 radical (unpaired) electrons. The zero-order valence-corrected chi connectivity index (χ0v) is 11.1. The van der Waals surface area contributed by atoms with Gasteiger partial charge in [0.1, 0.15) is 16.1 Å². The van der Waals surface area contributed by atoms with Crippen LogP contribution in [0.4, 0.5) is 0 Å². The molecule has 0 unspecified atom stereocenters. The fourth-order valence-corrected chi connectivity index (χ4v) is 1.71. The van der Waals surface area contributed by atoms with Crippen LogP contribution in [0.2, 0.25) is 0 Å². The van der Waals surface area contributed by atoms with E-state index in [1.54, 1.807) is 30.3 Å². The largest absolute Gasteiger partial charge is 0.497 e. The van der Waals surface area contributed by atoms with Crippen molar-refractivity contribution in [3.8, 4) is 23.4 Å². The van der Waals surface area contributed by atoms with Gasteiger partial charge in [-0.3, -0.25) is 0 Å². The van der Waals surface area contributed by atoms with Crippen molar-refractivity contribution in [2.75, 3.05) is 7.11 Å². The van der Waals surface area contributed by atoms with Crippen molar-refractivity contribution in [3.05, 3.63) is 46.6 Å². The molecule has 0 N–H and O–H groups in total. The highest BCUT2D eigenvalue weighted by Crippen LogP contribution is 2.26. The van der Waals surface area contributed by atoms with E-state index in [2.05, 4.69) is 20.9 Å². The number of methoxy groups -OCH3 is 1. The highest BCUT2D eigenvalue weighted by molar-refractivity contribution is 9.10. The Morgan fingerprint density at radius 3 is 2.67 bits per heavy atom. The number of halogens is 1. The zero-order chi connectivity index (χ0) is 13.0. The molecule has 2 aromatic rings. The zero-order valence-electron chi connectivity index (χ0n) is 9.55. The van der Waals surface area contributed by atoms with Gasteiger partial charge in [0, 0.05) is 12.1 Å². The third-order valence-corrected chi connectivity index (χ3v) is 2.60. The van der Waals surface area contributed by atoms with Gasteiger partial charge in [0.05, 0.1) is 18.7 Å². The van der Waals surface area contributed by atoms with E-state index in [4.69, 9.17) is 14.7 Å². The summed E-state index contributed by atoms with van der Waals surface area (Å²) in [4.78, 5) is 4.15. The fraction of sp³-hybridized carbons (Fsp3) is 0.0769. The van der Waals surface area contributed by atoms with Crippen molar-refractivity contribution in [3.63, 3.8) is 0 Å². The highest BCUT2D eigenvalue weighted by Gasteiger charge is 2.04. The smallest absolute Gasteiger partial charge is 0.220 e. The molecule has 0 aliphatic carbocycles. The first-order valence-electron chi connectivity index (χ1n) is 5.11. The lowest BCUT2D eigenvalue weighted by atomic mass is 10.2. The van der Waals surface area contributed by atoms with Gasteiger partial charge in [-0.15, -0.1) is 0 Å². The summed E-state index contributed by atoms with van der Waals surface area (Å²) in [7, 11) is 1.54. The lowest BCUT2D eigenvalue weighted by molar-refractivity contribution is 0.407. The standard InChI is InChI=1S/C13H9BrN2O2/c1-17-10-5-9(8-15)6-11(7-10)18-13-4-2-3-12(14)16-13/h2-7H,1H3. The van der Waals surface area contributed by atoms with Gasteiger partial charge >= 0.3 is 0 Å². The van der Waals surface area contributed by atoms with Crippen molar-refractivity contribution in [1.29, 1.82) is 5.26 Å². The Bertz CT molecular complexity index is 608. The monoisotopic (exact) mass is 304 g/mol. The number of aromatic nitrogens is 1. The van der Waals surface area contributed by atoms with Crippen LogP contribution in [0, 0.1) is 11.3 Å². The molecule has 1 heterocycles. The maximum absolute atomic E-state index is 8.91. The van der Waals surface area contributed by atoms with Crippen molar-refractivity contribution >= 4 is 15.9 Å². The maximum atomic E-state index is 8.91. The second-order valence-electron chi connectivity index (χ2n) is 3.41. The van der Waals surface area contributed by atoms with Gasteiger partial charge < -0.3 is 9.47 Å². The molecular weight excluding hydrogens is 296 g/mol. The third-order valence-electron chi connectivity index (χ3n) is 2.16. The van der Waals surface area contributed by atoms with E-state index in [1.807, 2.05) is 12.1 Å². The molecular formula is C13H9BrN2O2. The van der Waals surface area contributed by atoms with Gasteiger partial charge in [-0.05, 0) is 34.1 Å². The van der Waals surface area contributed by atoms with Crippen LogP contribution in [0.3, 0.4) is 0 Å². The summed E-state index contributed by atoms with van der Waals surface area (Å²) >= 11 is 3.26. The van der Waals surface area contributed by atoms with E-state index >= 15 is 0 Å². The molecule has 90 valence electrons. The maximum Gasteiger partial charge on any atom is 0.220 e. The van der Waals surface area contributed by atoms with Gasteiger partial charge in [0.15, 0.2) is 0 Å². The Kier molecular flexibility index (Phi) is 3.80. The average Bonchev–Trinajstić information content (AvgIpc) is 2.38. The van der Waals surface area contributed by atoms with Crippen LogP contribution in [0.15, 0.2) is 41.0 Å². The fourth-order valence-electron chi connectivity index (χ4n) is 1.38. The summed E-state index contributed by atoms with van der Waals surface area (Å²) in [5, 5.41) is 8.91. The van der Waals surface area contributed by atoms with Crippen LogP contribution in [0.25, 0.3) is 0 Å². The van der Waals surface area contributed by atoms with Crippen LogP contribution < -0.4 is 9.47 Å². The number of hydrogen-bond acceptors (Lipinski definition) is 4. The van der Waals surface area contributed by atoms with E-state index in [1.165, 1.54) is 7.11 Å². The summed E-state index contributed by atoms with van der Waals surface area (Å²) in [6.07, 6.45) is 0. The second-order valence-corrected chi connectivity index (χ2v) is 4.22. The molecule has 0 aliphatic heterocycles. The number of nitriles is 1. The lowest BCUT2D eigenvalue weighted by Crippen LogP contribution is -1.91. The molecule has 0 saturated heterocycles. The number of hydrogen-bond donors (Lipinski definition) is 0. The van der Waals surface area contributed by atoms with E-state index < -0.39 is 0 Å². The number of ether oxygens (including phenoxy) is 2. The topological polar surface area (TPSA) is 55.1 Å². The van der Waals surface area contributed by atoms with Crippen LogP contribution >= 0.6 is 15.9 Å². The van der Waals surface area contributed by atoms with Gasteiger partial charge in [0.2, 0.25) is 5.88 Å². The molecule has 4 nitrogen and oxygen atoms in total. The summed E-state index contributed by atoms with van der Waals surface area (Å²) in [5.74, 6) is 1.53. The predicted molar refractivity (Wildman–Crippen MR) is 69.7 cm³/mol. The Hall–Kier alpha value is -2.06. The molecule has 0 atom stereocenters. The summed E-state index contributed by atoms with van der Waals surface area (Å²) in [6.45, 7) is 0. The minimum absolute atomic E-state index is 0.446. The molecule has 1 aromatic heterocycles. The van der Waals surface area contributed by atoms with E-state index in [-0.39, 0.29) is 0 Å². The quantitative estimate of drug-likeness (QED) is 0.814. The Labute approximate surface area is 113 Å². The van der Waals surface area contributed by atoms with Crippen molar-refractivity contribution in [2.45, 2.75) is 0 Å². The summed E-state index contributed by atoms with van der Waals surface area (Å²) in [5.41, 5.74) is 0.472. The van der Waals surface area contributed by atoms with Gasteiger partial charge in [-0.1, -0.05) is 6.07 Å². The molecule has 0 bridgehead atoms. The van der Waals surface area contributed by atoms with Crippen molar-refractivity contribution < 1.29 is 9.47 Å². The number of rotatable bonds is 3. The van der Waals surface area contributed by atoms with Gasteiger partial charge in [-0.2, -0.15) is 5.26 Å². The first-order valence-corrected chi connectivity index (χ1v) is 5.90. The first-order chi connectivity index (χ1) is 8.71. The summed E-state index contributed by atoms with van der Waals surface area (Å²) < 4.78 is 11.4. The lowest BCUT2D eigenvalue weighted by Gasteiger charge is -2.07. The van der Waals surface area contributed by atoms with Gasteiger partial charge in [-0.25, -0.2) is 4.98 Å². The first kappa shape index (κ1) is 12.4. The van der Waals surface area contributed by atoms with Crippen LogP contribution in [0.1, 0.15) is 5.56 Å². The number of nitrogens with zero attached hydrogens (tertiary/aromatic N) is 2. The second kappa shape index (κ2) is 5.52. The van der Waals surface area contributed by atoms with E-state index in [9.17, 15) is 0 Å². The Morgan fingerprint density at radius 1 is 1.22 bits per heavy atom. The third kappa shape index (κ3) is 2.99. The molecule has 18 heavy (non-hydrogen) atoms. The predicted octanol–water partition coefficient (Wildman–Crippen LogP) is 3.52. The van der Waals surface area contributed by atoms with Crippen molar-refractivity contribution in [2.24, 2.45) is 0 Å². The molecule has 0 saturated carbocycles. The van der Waals surface area contributed by atoms with Crippen LogP contribution in [0.5, 0.6) is 17.4 Å². The summed E-state index contributed by atoms with van der Waals surface area (Å²) in [6, 6.07) is 12.4. The molecule has 0 spiro atoms.